The molecule has 106 valence electrons. The molecule has 0 saturated heterocycles. The molecule has 0 atom stereocenters. The number of ketones is 1. The van der Waals surface area contributed by atoms with Gasteiger partial charge in [0.1, 0.15) is 0 Å². The molecular weight excluding hydrogens is 278 g/mol. The van der Waals surface area contributed by atoms with Crippen LogP contribution in [0, 0.1) is 0 Å². The summed E-state index contributed by atoms with van der Waals surface area (Å²) < 4.78 is 0. The number of rotatable bonds is 5. The molecule has 1 heterocycles. The van der Waals surface area contributed by atoms with Crippen LogP contribution in [-0.2, 0) is 4.79 Å². The summed E-state index contributed by atoms with van der Waals surface area (Å²) in [6, 6.07) is 5.18. The van der Waals surface area contributed by atoms with Gasteiger partial charge in [-0.25, -0.2) is 0 Å². The van der Waals surface area contributed by atoms with Gasteiger partial charge in [0.2, 0.25) is 0 Å². The number of aromatic nitrogens is 1. The first-order valence-electron chi connectivity index (χ1n) is 6.23. The lowest BCUT2D eigenvalue weighted by Crippen LogP contribution is -2.35. The quantitative estimate of drug-likeness (QED) is 0.651. The Hall–Kier alpha value is -1.85. The second kappa shape index (κ2) is 6.07. The van der Waals surface area contributed by atoms with E-state index in [0.29, 0.717) is 29.1 Å². The van der Waals surface area contributed by atoms with Crippen molar-refractivity contribution in [1.29, 1.82) is 0 Å². The summed E-state index contributed by atoms with van der Waals surface area (Å²) in [5, 5.41) is 3.79. The zero-order valence-corrected chi connectivity index (χ0v) is 12.1. The lowest BCUT2D eigenvalue weighted by molar-refractivity contribution is -0.117. The number of nitrogens with one attached hydrogen (secondary N) is 2. The Morgan fingerprint density at radius 3 is 2.80 bits per heavy atom. The maximum atomic E-state index is 12.1. The maximum Gasteiger partial charge on any atom is 0.292 e. The molecule has 0 aliphatic heterocycles. The molecule has 20 heavy (non-hydrogen) atoms. The molecule has 1 aromatic carbocycles. The molecule has 6 heteroatoms. The summed E-state index contributed by atoms with van der Waals surface area (Å²) in [7, 11) is 3.80. The number of carbonyl (C=O) groups is 2. The predicted octanol–water partition coefficient (Wildman–Crippen LogP) is 1.68. The Bertz CT molecular complexity index is 649. The van der Waals surface area contributed by atoms with Crippen molar-refractivity contribution in [2.45, 2.75) is 0 Å². The molecule has 0 unspecified atom stereocenters. The Balaban J connectivity index is 2.14. The summed E-state index contributed by atoms with van der Waals surface area (Å²) in [6.07, 6.45) is 1.54. The molecule has 0 fully saturated rings. The second-order valence-electron chi connectivity index (χ2n) is 4.78. The summed E-state index contributed by atoms with van der Waals surface area (Å²) in [5.41, 5.74) is 1.11. The van der Waals surface area contributed by atoms with Gasteiger partial charge in [-0.3, -0.25) is 9.59 Å². The van der Waals surface area contributed by atoms with Crippen molar-refractivity contribution >= 4 is 34.2 Å². The SMILES string of the molecule is CN(C)CCNC(=O)C(=O)c1c[nH]c2ccc(Cl)cc12. The molecule has 0 radical (unpaired) electrons. The standard InChI is InChI=1S/C14H16ClN3O2/c1-18(2)6-5-16-14(20)13(19)11-8-17-12-4-3-9(15)7-10(11)12/h3-4,7-8,17H,5-6H2,1-2H3,(H,16,20). The molecule has 1 aromatic heterocycles. The molecule has 0 saturated carbocycles. The highest BCUT2D eigenvalue weighted by atomic mass is 35.5. The third kappa shape index (κ3) is 3.18. The minimum atomic E-state index is -0.604. The first kappa shape index (κ1) is 14.6. The van der Waals surface area contributed by atoms with Gasteiger partial charge in [0.25, 0.3) is 11.7 Å². The number of carbonyl (C=O) groups excluding carboxylic acids is 2. The van der Waals surface area contributed by atoms with E-state index in [1.165, 1.54) is 6.20 Å². The highest BCUT2D eigenvalue weighted by Gasteiger charge is 2.19. The van der Waals surface area contributed by atoms with Crippen molar-refractivity contribution in [2.24, 2.45) is 0 Å². The number of likely N-dealkylation sites (N-methyl/N-ethyl adjacent to an activating group) is 1. The van der Waals surface area contributed by atoms with Crippen LogP contribution in [-0.4, -0.2) is 48.8 Å². The lowest BCUT2D eigenvalue weighted by Gasteiger charge is -2.09. The van der Waals surface area contributed by atoms with E-state index in [9.17, 15) is 9.59 Å². The number of halogens is 1. The van der Waals surface area contributed by atoms with Gasteiger partial charge in [-0.05, 0) is 32.3 Å². The van der Waals surface area contributed by atoms with Crippen LogP contribution in [0.4, 0.5) is 0 Å². The molecule has 1 amide bonds. The van der Waals surface area contributed by atoms with E-state index in [4.69, 9.17) is 11.6 Å². The smallest absolute Gasteiger partial charge is 0.292 e. The molecule has 2 rings (SSSR count). The number of hydrogen-bond acceptors (Lipinski definition) is 3. The highest BCUT2D eigenvalue weighted by Crippen LogP contribution is 2.22. The summed E-state index contributed by atoms with van der Waals surface area (Å²) in [6.45, 7) is 1.11. The number of aromatic amines is 1. The van der Waals surface area contributed by atoms with Crippen LogP contribution < -0.4 is 5.32 Å². The number of hydrogen-bond donors (Lipinski definition) is 2. The van der Waals surface area contributed by atoms with Gasteiger partial charge in [0, 0.05) is 35.2 Å². The average molecular weight is 294 g/mol. The Morgan fingerprint density at radius 2 is 2.10 bits per heavy atom. The van der Waals surface area contributed by atoms with E-state index in [0.717, 1.165) is 5.52 Å². The van der Waals surface area contributed by atoms with Crippen LogP contribution in [0.15, 0.2) is 24.4 Å². The highest BCUT2D eigenvalue weighted by molar-refractivity contribution is 6.45. The van der Waals surface area contributed by atoms with Gasteiger partial charge in [-0.2, -0.15) is 0 Å². The van der Waals surface area contributed by atoms with Crippen LogP contribution in [0.25, 0.3) is 10.9 Å². The molecular formula is C14H16ClN3O2. The number of H-pyrrole nitrogens is 1. The number of fused-ring (bicyclic) bond motifs is 1. The fraction of sp³-hybridized carbons (Fsp3) is 0.286. The van der Waals surface area contributed by atoms with E-state index in [1.54, 1.807) is 18.2 Å². The molecule has 0 bridgehead atoms. The molecule has 2 N–H and O–H groups in total. The van der Waals surface area contributed by atoms with Crippen LogP contribution in [0.3, 0.4) is 0 Å². The zero-order valence-electron chi connectivity index (χ0n) is 11.4. The van der Waals surface area contributed by atoms with E-state index in [-0.39, 0.29) is 0 Å². The van der Waals surface area contributed by atoms with Crippen molar-refractivity contribution in [3.63, 3.8) is 0 Å². The zero-order chi connectivity index (χ0) is 14.7. The van der Waals surface area contributed by atoms with Gasteiger partial charge in [0.05, 0.1) is 5.56 Å². The average Bonchev–Trinajstić information content (AvgIpc) is 2.80. The summed E-state index contributed by atoms with van der Waals surface area (Å²) in [4.78, 5) is 28.8. The Kier molecular flexibility index (Phi) is 4.42. The van der Waals surface area contributed by atoms with Crippen LogP contribution in [0.5, 0.6) is 0 Å². The second-order valence-corrected chi connectivity index (χ2v) is 5.22. The van der Waals surface area contributed by atoms with Gasteiger partial charge in [0.15, 0.2) is 0 Å². The van der Waals surface area contributed by atoms with Crippen LogP contribution >= 0.6 is 11.6 Å². The molecule has 5 nitrogen and oxygen atoms in total. The van der Waals surface area contributed by atoms with Gasteiger partial charge >= 0.3 is 0 Å². The third-order valence-electron chi connectivity index (χ3n) is 2.94. The first-order chi connectivity index (χ1) is 9.49. The van der Waals surface area contributed by atoms with Crippen molar-refractivity contribution in [2.75, 3.05) is 27.2 Å². The van der Waals surface area contributed by atoms with Crippen molar-refractivity contribution < 1.29 is 9.59 Å². The van der Waals surface area contributed by atoms with E-state index in [2.05, 4.69) is 10.3 Å². The Labute approximate surface area is 121 Å². The molecule has 0 aliphatic carbocycles. The van der Waals surface area contributed by atoms with Crippen LogP contribution in [0.2, 0.25) is 5.02 Å². The fourth-order valence-electron chi connectivity index (χ4n) is 1.88. The van der Waals surface area contributed by atoms with Crippen LogP contribution in [0.1, 0.15) is 10.4 Å². The monoisotopic (exact) mass is 293 g/mol. The van der Waals surface area contributed by atoms with Gasteiger partial charge in [-0.1, -0.05) is 11.6 Å². The molecule has 2 aromatic rings. The van der Waals surface area contributed by atoms with Crippen molar-refractivity contribution in [3.05, 3.63) is 35.0 Å². The minimum Gasteiger partial charge on any atom is -0.360 e. The topological polar surface area (TPSA) is 65.2 Å². The first-order valence-corrected chi connectivity index (χ1v) is 6.60. The van der Waals surface area contributed by atoms with Gasteiger partial charge in [-0.15, -0.1) is 0 Å². The molecule has 0 aliphatic rings. The largest absolute Gasteiger partial charge is 0.360 e. The lowest BCUT2D eigenvalue weighted by atomic mass is 10.1. The fourth-order valence-corrected chi connectivity index (χ4v) is 2.05. The number of Topliss-reactive ketones (excluding diaryl/α,β-unsaturated/α-hetero) is 1. The van der Waals surface area contributed by atoms with E-state index in [1.807, 2.05) is 19.0 Å². The number of amides is 1. The van der Waals surface area contributed by atoms with E-state index < -0.39 is 11.7 Å². The maximum absolute atomic E-state index is 12.1. The number of nitrogens with zero attached hydrogens (tertiary/aromatic N) is 1. The summed E-state index contributed by atoms with van der Waals surface area (Å²) >= 11 is 5.92. The number of benzene rings is 1. The van der Waals surface area contributed by atoms with Gasteiger partial charge < -0.3 is 15.2 Å². The van der Waals surface area contributed by atoms with E-state index >= 15 is 0 Å². The van der Waals surface area contributed by atoms with Crippen molar-refractivity contribution in [1.82, 2.24) is 15.2 Å². The predicted molar refractivity (Wildman–Crippen MR) is 79.2 cm³/mol. The minimum absolute atomic E-state index is 0.338. The van der Waals surface area contributed by atoms with Crippen molar-refractivity contribution in [3.8, 4) is 0 Å². The summed E-state index contributed by atoms with van der Waals surface area (Å²) in [5.74, 6) is -1.16. The third-order valence-corrected chi connectivity index (χ3v) is 3.17. The Morgan fingerprint density at radius 1 is 1.35 bits per heavy atom. The normalized spacial score (nSPS) is 11.0. The molecule has 0 spiro atoms.